The number of aromatic nitrogens is 1. The predicted molar refractivity (Wildman–Crippen MR) is 70.2 cm³/mol. The highest BCUT2D eigenvalue weighted by molar-refractivity contribution is 9.10. The Morgan fingerprint density at radius 2 is 2.00 bits per heavy atom. The topological polar surface area (TPSA) is 42.2 Å². The van der Waals surface area contributed by atoms with Crippen LogP contribution >= 0.6 is 15.9 Å². The third kappa shape index (κ3) is 2.13. The summed E-state index contributed by atoms with van der Waals surface area (Å²) in [5.41, 5.74) is 3.31. The molecule has 88 valence electrons. The molecule has 17 heavy (non-hydrogen) atoms. The van der Waals surface area contributed by atoms with Crippen LogP contribution in [-0.4, -0.2) is 15.6 Å². The summed E-state index contributed by atoms with van der Waals surface area (Å²) in [7, 11) is 1.76. The smallest absolute Gasteiger partial charge is 0.352 e. The van der Waals surface area contributed by atoms with Gasteiger partial charge in [-0.2, -0.15) is 0 Å². The Hall–Kier alpha value is -1.55. The molecule has 0 spiro atoms. The summed E-state index contributed by atoms with van der Waals surface area (Å²) >= 11 is 3.49. The summed E-state index contributed by atoms with van der Waals surface area (Å²) in [5.74, 6) is -0.914. The van der Waals surface area contributed by atoms with Crippen molar-refractivity contribution in [3.05, 3.63) is 46.1 Å². The van der Waals surface area contributed by atoms with Crippen molar-refractivity contribution in [1.82, 2.24) is 4.57 Å². The molecule has 2 aromatic rings. The molecule has 1 N–H and O–H groups in total. The second kappa shape index (κ2) is 4.37. The maximum Gasteiger partial charge on any atom is 0.352 e. The minimum atomic E-state index is -0.914. The molecule has 0 amide bonds. The van der Waals surface area contributed by atoms with Gasteiger partial charge in [0.15, 0.2) is 0 Å². The van der Waals surface area contributed by atoms with E-state index in [4.69, 9.17) is 5.11 Å². The first-order chi connectivity index (χ1) is 8.00. The average molecular weight is 294 g/mol. The van der Waals surface area contributed by atoms with Crippen LogP contribution in [0.5, 0.6) is 0 Å². The van der Waals surface area contributed by atoms with Crippen LogP contribution in [0.2, 0.25) is 0 Å². The molecule has 2 rings (SSSR count). The van der Waals surface area contributed by atoms with Gasteiger partial charge in [0.25, 0.3) is 0 Å². The van der Waals surface area contributed by atoms with Crippen LogP contribution in [0, 0.1) is 6.92 Å². The van der Waals surface area contributed by atoms with Gasteiger partial charge in [0.05, 0.1) is 0 Å². The van der Waals surface area contributed by atoms with Crippen LogP contribution in [-0.2, 0) is 7.05 Å². The lowest BCUT2D eigenvalue weighted by molar-refractivity contribution is 0.0687. The van der Waals surface area contributed by atoms with Crippen LogP contribution in [0.15, 0.2) is 34.8 Å². The number of aromatic carboxylic acids is 1. The van der Waals surface area contributed by atoms with E-state index in [0.717, 1.165) is 21.3 Å². The molecule has 0 aliphatic rings. The van der Waals surface area contributed by atoms with Gasteiger partial charge >= 0.3 is 5.97 Å². The summed E-state index contributed by atoms with van der Waals surface area (Å²) in [6.07, 6.45) is 0. The fourth-order valence-corrected chi connectivity index (χ4v) is 2.28. The summed E-state index contributed by atoms with van der Waals surface area (Å²) in [4.78, 5) is 11.0. The second-order valence-electron chi connectivity index (χ2n) is 3.95. The number of halogens is 1. The molecule has 1 aromatic heterocycles. The van der Waals surface area contributed by atoms with E-state index in [1.807, 2.05) is 31.2 Å². The number of carboxylic acid groups (broad SMARTS) is 1. The fraction of sp³-hybridized carbons (Fsp3) is 0.154. The highest BCUT2D eigenvalue weighted by Gasteiger charge is 2.13. The predicted octanol–water partition coefficient (Wildman–Crippen LogP) is 3.46. The first-order valence-corrected chi connectivity index (χ1v) is 5.95. The van der Waals surface area contributed by atoms with Crippen molar-refractivity contribution in [2.75, 3.05) is 0 Å². The van der Waals surface area contributed by atoms with Gasteiger partial charge in [0.2, 0.25) is 0 Å². The molecule has 0 aliphatic carbocycles. The van der Waals surface area contributed by atoms with Crippen molar-refractivity contribution in [2.45, 2.75) is 6.92 Å². The second-order valence-corrected chi connectivity index (χ2v) is 4.81. The summed E-state index contributed by atoms with van der Waals surface area (Å²) < 4.78 is 2.64. The van der Waals surface area contributed by atoms with Crippen LogP contribution < -0.4 is 0 Å². The SMILES string of the molecule is Cc1ccc(Br)c(-c2ccc(C(=O)O)n2C)c1. The number of nitrogens with zero attached hydrogens (tertiary/aromatic N) is 1. The molecule has 0 bridgehead atoms. The maximum absolute atomic E-state index is 11.0. The summed E-state index contributed by atoms with van der Waals surface area (Å²) in [6.45, 7) is 2.01. The first kappa shape index (κ1) is 11.9. The van der Waals surface area contributed by atoms with Crippen molar-refractivity contribution in [1.29, 1.82) is 0 Å². The number of benzene rings is 1. The van der Waals surface area contributed by atoms with Gasteiger partial charge in [-0.3, -0.25) is 0 Å². The van der Waals surface area contributed by atoms with E-state index in [0.29, 0.717) is 0 Å². The van der Waals surface area contributed by atoms with Gasteiger partial charge in [-0.1, -0.05) is 27.6 Å². The molecule has 0 unspecified atom stereocenters. The third-order valence-corrected chi connectivity index (χ3v) is 3.43. The molecule has 4 heteroatoms. The molecule has 1 aromatic carbocycles. The summed E-state index contributed by atoms with van der Waals surface area (Å²) in [5, 5.41) is 9.02. The molecule has 3 nitrogen and oxygen atoms in total. The molecule has 1 heterocycles. The molecule has 0 saturated heterocycles. The van der Waals surface area contributed by atoms with Crippen molar-refractivity contribution in [2.24, 2.45) is 7.05 Å². The fourth-order valence-electron chi connectivity index (χ4n) is 1.83. The summed E-state index contributed by atoms with van der Waals surface area (Å²) in [6, 6.07) is 9.45. The van der Waals surface area contributed by atoms with E-state index in [2.05, 4.69) is 15.9 Å². The maximum atomic E-state index is 11.0. The lowest BCUT2D eigenvalue weighted by Gasteiger charge is -2.08. The largest absolute Gasteiger partial charge is 0.477 e. The highest BCUT2D eigenvalue weighted by atomic mass is 79.9. The molecule has 0 saturated carbocycles. The van der Waals surface area contributed by atoms with Gasteiger partial charge in [-0.05, 0) is 31.2 Å². The van der Waals surface area contributed by atoms with Crippen LogP contribution in [0.4, 0.5) is 0 Å². The monoisotopic (exact) mass is 293 g/mol. The third-order valence-electron chi connectivity index (χ3n) is 2.74. The quantitative estimate of drug-likeness (QED) is 0.921. The number of carbonyl (C=O) groups is 1. The lowest BCUT2D eigenvalue weighted by Crippen LogP contribution is -2.05. The van der Waals surface area contributed by atoms with E-state index in [-0.39, 0.29) is 5.69 Å². The molecular formula is C13H12BrNO2. The van der Waals surface area contributed by atoms with E-state index < -0.39 is 5.97 Å². The Kier molecular flexibility index (Phi) is 3.07. The molecular weight excluding hydrogens is 282 g/mol. The Bertz CT molecular complexity index is 587. The van der Waals surface area contributed by atoms with E-state index in [1.54, 1.807) is 17.7 Å². The van der Waals surface area contributed by atoms with Gasteiger partial charge in [0.1, 0.15) is 5.69 Å². The Morgan fingerprint density at radius 3 is 2.59 bits per heavy atom. The van der Waals surface area contributed by atoms with Gasteiger partial charge in [-0.25, -0.2) is 4.79 Å². The zero-order valence-corrected chi connectivity index (χ0v) is 11.2. The van der Waals surface area contributed by atoms with Crippen LogP contribution in [0.3, 0.4) is 0 Å². The van der Waals surface area contributed by atoms with Crippen molar-refractivity contribution in [3.63, 3.8) is 0 Å². The zero-order chi connectivity index (χ0) is 12.6. The number of aryl methyl sites for hydroxylation is 1. The molecule has 0 atom stereocenters. The normalized spacial score (nSPS) is 10.5. The molecule has 0 aliphatic heterocycles. The minimum Gasteiger partial charge on any atom is -0.477 e. The van der Waals surface area contributed by atoms with Crippen LogP contribution in [0.25, 0.3) is 11.3 Å². The average Bonchev–Trinajstić information content (AvgIpc) is 2.64. The van der Waals surface area contributed by atoms with E-state index >= 15 is 0 Å². The van der Waals surface area contributed by atoms with Gasteiger partial charge in [-0.15, -0.1) is 0 Å². The van der Waals surface area contributed by atoms with Gasteiger partial charge < -0.3 is 9.67 Å². The Balaban J connectivity index is 2.61. The molecule has 0 radical (unpaired) electrons. The standard InChI is InChI=1S/C13H12BrNO2/c1-8-3-4-10(14)9(7-8)11-5-6-12(13(16)17)15(11)2/h3-7H,1-2H3,(H,16,17). The van der Waals surface area contributed by atoms with Crippen molar-refractivity contribution >= 4 is 21.9 Å². The number of carboxylic acids is 1. The van der Waals surface area contributed by atoms with Crippen molar-refractivity contribution in [3.8, 4) is 11.3 Å². The number of rotatable bonds is 2. The van der Waals surface area contributed by atoms with E-state index in [1.165, 1.54) is 0 Å². The van der Waals surface area contributed by atoms with E-state index in [9.17, 15) is 4.79 Å². The zero-order valence-electron chi connectivity index (χ0n) is 9.57. The number of hydrogen-bond acceptors (Lipinski definition) is 1. The molecule has 0 fully saturated rings. The Morgan fingerprint density at radius 1 is 1.29 bits per heavy atom. The number of hydrogen-bond donors (Lipinski definition) is 1. The minimum absolute atomic E-state index is 0.286. The van der Waals surface area contributed by atoms with Crippen LogP contribution in [0.1, 0.15) is 16.1 Å². The van der Waals surface area contributed by atoms with Gasteiger partial charge in [0, 0.05) is 22.8 Å². The Labute approximate surface area is 108 Å². The highest BCUT2D eigenvalue weighted by Crippen LogP contribution is 2.30. The lowest BCUT2D eigenvalue weighted by atomic mass is 10.1. The van der Waals surface area contributed by atoms with Crippen molar-refractivity contribution < 1.29 is 9.90 Å². The first-order valence-electron chi connectivity index (χ1n) is 5.16.